The summed E-state index contributed by atoms with van der Waals surface area (Å²) in [6.45, 7) is 0. The average molecular weight is 613 g/mol. The van der Waals surface area contributed by atoms with Crippen molar-refractivity contribution in [1.82, 2.24) is 19.5 Å². The van der Waals surface area contributed by atoms with Crippen LogP contribution in [0.4, 0.5) is 0 Å². The summed E-state index contributed by atoms with van der Waals surface area (Å²) in [7, 11) is 0. The van der Waals surface area contributed by atoms with Gasteiger partial charge in [0.2, 0.25) is 5.95 Å². The third kappa shape index (κ3) is 3.47. The molecule has 222 valence electrons. The lowest BCUT2D eigenvalue weighted by Gasteiger charge is -2.10. The number of benzene rings is 7. The van der Waals surface area contributed by atoms with Crippen molar-refractivity contribution in [3.05, 3.63) is 146 Å². The van der Waals surface area contributed by atoms with Crippen molar-refractivity contribution in [2.45, 2.75) is 0 Å². The monoisotopic (exact) mass is 612 g/mol. The Morgan fingerprint density at radius 1 is 0.417 bits per heavy atom. The summed E-state index contributed by atoms with van der Waals surface area (Å²) in [4.78, 5) is 15.2. The smallest absolute Gasteiger partial charge is 0.238 e. The van der Waals surface area contributed by atoms with E-state index in [0.717, 1.165) is 60.3 Å². The number of hydrogen-bond acceptors (Lipinski definition) is 4. The van der Waals surface area contributed by atoms with Crippen LogP contribution in [0.25, 0.3) is 105 Å². The van der Waals surface area contributed by atoms with Crippen molar-refractivity contribution in [3.63, 3.8) is 0 Å². The minimum Gasteiger partial charge on any atom is -0.455 e. The Kier molecular flexibility index (Phi) is 5.05. The van der Waals surface area contributed by atoms with E-state index in [1.54, 1.807) is 0 Å². The van der Waals surface area contributed by atoms with Gasteiger partial charge in [0.25, 0.3) is 0 Å². The van der Waals surface area contributed by atoms with Gasteiger partial charge in [0.05, 0.1) is 11.0 Å². The second-order valence-corrected chi connectivity index (χ2v) is 12.4. The topological polar surface area (TPSA) is 56.7 Å². The van der Waals surface area contributed by atoms with Gasteiger partial charge in [-0.2, -0.15) is 9.97 Å². The summed E-state index contributed by atoms with van der Waals surface area (Å²) in [6, 6.07) is 50.7. The van der Waals surface area contributed by atoms with Gasteiger partial charge in [0, 0.05) is 43.4 Å². The zero-order valence-electron chi connectivity index (χ0n) is 25.6. The average Bonchev–Trinajstić information content (AvgIpc) is 3.81. The van der Waals surface area contributed by atoms with Gasteiger partial charge >= 0.3 is 0 Å². The summed E-state index contributed by atoms with van der Waals surface area (Å²) in [5.41, 5.74) is 10.7. The van der Waals surface area contributed by atoms with Gasteiger partial charge in [-0.25, -0.2) is 4.98 Å². The fourth-order valence-corrected chi connectivity index (χ4v) is 7.69. The van der Waals surface area contributed by atoms with Gasteiger partial charge in [0.15, 0.2) is 11.6 Å². The van der Waals surface area contributed by atoms with E-state index in [-0.39, 0.29) is 0 Å². The molecule has 0 fully saturated rings. The molecule has 3 aromatic heterocycles. The third-order valence-electron chi connectivity index (χ3n) is 9.80. The van der Waals surface area contributed by atoms with Crippen molar-refractivity contribution >= 4 is 54.5 Å². The normalized spacial score (nSPS) is 12.2. The van der Waals surface area contributed by atoms with Crippen molar-refractivity contribution in [1.29, 1.82) is 0 Å². The molecule has 10 aromatic rings. The molecule has 0 amide bonds. The van der Waals surface area contributed by atoms with Gasteiger partial charge in [-0.3, -0.25) is 4.57 Å². The van der Waals surface area contributed by atoms with Crippen LogP contribution in [-0.4, -0.2) is 19.5 Å². The maximum Gasteiger partial charge on any atom is 0.238 e. The molecule has 48 heavy (non-hydrogen) atoms. The van der Waals surface area contributed by atoms with Crippen LogP contribution >= 0.6 is 0 Å². The first-order chi connectivity index (χ1) is 23.8. The lowest BCUT2D eigenvalue weighted by atomic mass is 9.99. The number of rotatable bonds is 3. The standard InChI is InChI=1S/C43H24N4O/c1-2-11-25(12-3-1)41-44-42(46-43(45-41)47-36-19-8-6-15-29(36)30-16-7-9-20-37(30)47)26-21-22-31-35-24-34-28-14-5-4-13-27(28)32-17-10-18-33(39(32)34)40(35)48-38(31)23-26/h1-24H. The molecule has 11 rings (SSSR count). The molecule has 1 aliphatic rings. The highest BCUT2D eigenvalue weighted by molar-refractivity contribution is 6.26. The highest BCUT2D eigenvalue weighted by Gasteiger charge is 2.25. The second kappa shape index (κ2) is 9.47. The maximum absolute atomic E-state index is 6.72. The summed E-state index contributed by atoms with van der Waals surface area (Å²) >= 11 is 0. The first-order valence-electron chi connectivity index (χ1n) is 16.1. The zero-order chi connectivity index (χ0) is 31.3. The minimum atomic E-state index is 0.574. The third-order valence-corrected chi connectivity index (χ3v) is 9.80. The molecule has 3 heterocycles. The van der Waals surface area contributed by atoms with Crippen LogP contribution in [0, 0.1) is 0 Å². The van der Waals surface area contributed by atoms with Crippen LogP contribution in [0.15, 0.2) is 150 Å². The quantitative estimate of drug-likeness (QED) is 0.199. The number of hydrogen-bond donors (Lipinski definition) is 0. The van der Waals surface area contributed by atoms with E-state index in [1.807, 2.05) is 30.3 Å². The molecule has 0 atom stereocenters. The Morgan fingerprint density at radius 2 is 1.04 bits per heavy atom. The molecule has 0 aliphatic heterocycles. The van der Waals surface area contributed by atoms with Gasteiger partial charge < -0.3 is 4.42 Å². The molecule has 5 heteroatoms. The molecule has 7 aromatic carbocycles. The summed E-state index contributed by atoms with van der Waals surface area (Å²) in [6.07, 6.45) is 0. The van der Waals surface area contributed by atoms with E-state index in [1.165, 1.54) is 27.6 Å². The Hall–Kier alpha value is -6.59. The number of furan rings is 1. The van der Waals surface area contributed by atoms with E-state index in [4.69, 9.17) is 19.4 Å². The Morgan fingerprint density at radius 3 is 1.81 bits per heavy atom. The van der Waals surface area contributed by atoms with E-state index >= 15 is 0 Å². The molecule has 1 aliphatic carbocycles. The van der Waals surface area contributed by atoms with Crippen LogP contribution in [0.2, 0.25) is 0 Å². The molecular weight excluding hydrogens is 589 g/mol. The van der Waals surface area contributed by atoms with Crippen LogP contribution in [-0.2, 0) is 0 Å². The molecule has 0 unspecified atom stereocenters. The molecule has 0 radical (unpaired) electrons. The molecule has 0 spiro atoms. The van der Waals surface area contributed by atoms with Crippen LogP contribution < -0.4 is 0 Å². The summed E-state index contributed by atoms with van der Waals surface area (Å²) < 4.78 is 8.86. The second-order valence-electron chi connectivity index (χ2n) is 12.4. The zero-order valence-corrected chi connectivity index (χ0v) is 25.6. The number of nitrogens with zero attached hydrogens (tertiary/aromatic N) is 4. The predicted molar refractivity (Wildman–Crippen MR) is 194 cm³/mol. The van der Waals surface area contributed by atoms with Crippen LogP contribution in [0.5, 0.6) is 0 Å². The fourth-order valence-electron chi connectivity index (χ4n) is 7.69. The van der Waals surface area contributed by atoms with E-state index in [0.29, 0.717) is 17.6 Å². The van der Waals surface area contributed by atoms with Crippen LogP contribution in [0.1, 0.15) is 0 Å². The maximum atomic E-state index is 6.72. The highest BCUT2D eigenvalue weighted by atomic mass is 16.3. The highest BCUT2D eigenvalue weighted by Crippen LogP contribution is 2.50. The van der Waals surface area contributed by atoms with Gasteiger partial charge in [-0.05, 0) is 52.6 Å². The first kappa shape index (κ1) is 25.6. The lowest BCUT2D eigenvalue weighted by Crippen LogP contribution is -2.06. The Labute approximate surface area is 274 Å². The molecule has 0 saturated heterocycles. The van der Waals surface area contributed by atoms with Crippen molar-refractivity contribution in [3.8, 4) is 51.0 Å². The van der Waals surface area contributed by atoms with E-state index in [2.05, 4.69) is 120 Å². The van der Waals surface area contributed by atoms with Gasteiger partial charge in [-0.1, -0.05) is 115 Å². The minimum absolute atomic E-state index is 0.574. The summed E-state index contributed by atoms with van der Waals surface area (Å²) in [5.74, 6) is 1.78. The number of fused-ring (bicyclic) bond motifs is 10. The van der Waals surface area contributed by atoms with Crippen molar-refractivity contribution in [2.24, 2.45) is 0 Å². The van der Waals surface area contributed by atoms with Gasteiger partial charge in [0.1, 0.15) is 11.2 Å². The predicted octanol–water partition coefficient (Wildman–Crippen LogP) is 11.0. The van der Waals surface area contributed by atoms with E-state index in [9.17, 15) is 0 Å². The molecular formula is C43H24N4O. The molecule has 0 bridgehead atoms. The Balaban J connectivity index is 1.15. The fraction of sp³-hybridized carbons (Fsp3) is 0. The van der Waals surface area contributed by atoms with Crippen molar-refractivity contribution in [2.75, 3.05) is 0 Å². The van der Waals surface area contributed by atoms with Crippen molar-refractivity contribution < 1.29 is 4.42 Å². The molecule has 0 N–H and O–H groups in total. The Bertz CT molecular complexity index is 2900. The lowest BCUT2D eigenvalue weighted by molar-refractivity contribution is 0.673. The van der Waals surface area contributed by atoms with Gasteiger partial charge in [-0.15, -0.1) is 0 Å². The number of para-hydroxylation sites is 2. The van der Waals surface area contributed by atoms with Crippen LogP contribution in [0.3, 0.4) is 0 Å². The summed E-state index contributed by atoms with van der Waals surface area (Å²) in [5, 5.41) is 6.89. The first-order valence-corrected chi connectivity index (χ1v) is 16.1. The largest absolute Gasteiger partial charge is 0.455 e. The SMILES string of the molecule is c1ccc(-c2nc(-c3ccc4c(c3)oc3c5cccc6c5c(cc43)-c3ccccc3-6)nc(-n3c4ccccc4c4ccccc43)n2)cc1. The molecule has 0 saturated carbocycles. The molecule has 5 nitrogen and oxygen atoms in total. The number of aromatic nitrogens is 4. The van der Waals surface area contributed by atoms with E-state index < -0.39 is 0 Å².